The fourth-order valence-corrected chi connectivity index (χ4v) is 3.51. The first-order chi connectivity index (χ1) is 7.26. The minimum Gasteiger partial charge on any atom is -0.303 e. The zero-order valence-corrected chi connectivity index (χ0v) is 12.0. The molecule has 1 nitrogen and oxygen atoms in total. The van der Waals surface area contributed by atoms with Crippen LogP contribution in [0.3, 0.4) is 0 Å². The topological polar surface area (TPSA) is 3.24 Å². The maximum absolute atomic E-state index is 3.75. The van der Waals surface area contributed by atoms with Crippen molar-refractivity contribution in [1.29, 1.82) is 0 Å². The van der Waals surface area contributed by atoms with Crippen molar-refractivity contribution in [2.75, 3.05) is 25.0 Å². The van der Waals surface area contributed by atoms with Crippen LogP contribution in [0.25, 0.3) is 0 Å². The molecule has 0 radical (unpaired) electrons. The Hall–Kier alpha value is 0.440. The maximum Gasteiger partial charge on any atom is 0.0100 e. The molecule has 0 atom stereocenters. The van der Waals surface area contributed by atoms with Gasteiger partial charge in [0.2, 0.25) is 0 Å². The molecule has 90 valence electrons. The lowest BCUT2D eigenvalue weighted by atomic mass is 9.75. The van der Waals surface area contributed by atoms with Gasteiger partial charge in [-0.15, -0.1) is 0 Å². The first-order valence-electron chi connectivity index (χ1n) is 6.54. The summed E-state index contributed by atoms with van der Waals surface area (Å²) in [5, 5.41) is 1.19. The van der Waals surface area contributed by atoms with Crippen LogP contribution in [0.15, 0.2) is 0 Å². The molecule has 0 aliphatic heterocycles. The Morgan fingerprint density at radius 2 is 1.80 bits per heavy atom. The Labute approximate surface area is 104 Å². The summed E-state index contributed by atoms with van der Waals surface area (Å²) < 4.78 is 0. The van der Waals surface area contributed by atoms with Gasteiger partial charge in [0, 0.05) is 11.9 Å². The van der Waals surface area contributed by atoms with Crippen molar-refractivity contribution < 1.29 is 0 Å². The highest BCUT2D eigenvalue weighted by Crippen LogP contribution is 2.38. The molecule has 0 saturated heterocycles. The van der Waals surface area contributed by atoms with Crippen molar-refractivity contribution in [3.05, 3.63) is 0 Å². The average Bonchev–Trinajstić information content (AvgIpc) is 2.30. The highest BCUT2D eigenvalue weighted by molar-refractivity contribution is 9.09. The minimum absolute atomic E-state index is 0.587. The summed E-state index contributed by atoms with van der Waals surface area (Å²) in [7, 11) is 0. The molecule has 0 spiro atoms. The summed E-state index contributed by atoms with van der Waals surface area (Å²) in [6.45, 7) is 8.36. The first-order valence-corrected chi connectivity index (χ1v) is 7.67. The van der Waals surface area contributed by atoms with Gasteiger partial charge in [0.05, 0.1) is 0 Å². The van der Waals surface area contributed by atoms with E-state index < -0.39 is 0 Å². The monoisotopic (exact) mass is 275 g/mol. The maximum atomic E-state index is 3.75. The van der Waals surface area contributed by atoms with Crippen molar-refractivity contribution >= 4 is 15.9 Å². The lowest BCUT2D eigenvalue weighted by molar-refractivity contribution is 0.130. The van der Waals surface area contributed by atoms with E-state index in [-0.39, 0.29) is 0 Å². The third-order valence-corrected chi connectivity index (χ3v) is 4.93. The lowest BCUT2D eigenvalue weighted by Crippen LogP contribution is -2.40. The van der Waals surface area contributed by atoms with Gasteiger partial charge >= 0.3 is 0 Å². The number of hydrogen-bond acceptors (Lipinski definition) is 1. The molecule has 1 aliphatic rings. The molecule has 2 heteroatoms. The molecule has 1 rings (SSSR count). The van der Waals surface area contributed by atoms with E-state index in [1.165, 1.54) is 63.5 Å². The summed E-state index contributed by atoms with van der Waals surface area (Å²) >= 11 is 3.75. The number of rotatable bonds is 6. The SMILES string of the molecule is CCCN(CC)CC1(CBr)CCCCC1. The summed E-state index contributed by atoms with van der Waals surface area (Å²) in [5.74, 6) is 0. The lowest BCUT2D eigenvalue weighted by Gasteiger charge is -2.39. The van der Waals surface area contributed by atoms with Gasteiger partial charge in [0.15, 0.2) is 0 Å². The van der Waals surface area contributed by atoms with Gasteiger partial charge in [-0.1, -0.05) is 49.0 Å². The van der Waals surface area contributed by atoms with Gasteiger partial charge in [0.25, 0.3) is 0 Å². The van der Waals surface area contributed by atoms with Gasteiger partial charge < -0.3 is 4.90 Å². The van der Waals surface area contributed by atoms with Gasteiger partial charge in [-0.3, -0.25) is 0 Å². The van der Waals surface area contributed by atoms with Crippen LogP contribution >= 0.6 is 15.9 Å². The molecule has 0 aromatic heterocycles. The van der Waals surface area contributed by atoms with E-state index in [4.69, 9.17) is 0 Å². The van der Waals surface area contributed by atoms with Crippen molar-refractivity contribution in [2.45, 2.75) is 52.4 Å². The number of hydrogen-bond donors (Lipinski definition) is 0. The molecule has 0 aromatic rings. The molecule has 1 aliphatic carbocycles. The zero-order valence-electron chi connectivity index (χ0n) is 10.4. The van der Waals surface area contributed by atoms with Crippen molar-refractivity contribution in [3.63, 3.8) is 0 Å². The van der Waals surface area contributed by atoms with Crippen LogP contribution < -0.4 is 0 Å². The number of nitrogens with zero attached hydrogens (tertiary/aromatic N) is 1. The molecule has 0 amide bonds. The van der Waals surface area contributed by atoms with Crippen LogP contribution in [0.5, 0.6) is 0 Å². The van der Waals surface area contributed by atoms with Crippen LogP contribution in [0, 0.1) is 5.41 Å². The molecule has 1 saturated carbocycles. The highest BCUT2D eigenvalue weighted by atomic mass is 79.9. The van der Waals surface area contributed by atoms with E-state index in [0.717, 1.165) is 0 Å². The predicted octanol–water partition coefficient (Wildman–Crippen LogP) is 4.06. The summed E-state index contributed by atoms with van der Waals surface area (Å²) in [6, 6.07) is 0. The number of alkyl halides is 1. The summed E-state index contributed by atoms with van der Waals surface area (Å²) in [6.07, 6.45) is 8.47. The van der Waals surface area contributed by atoms with Crippen LogP contribution in [-0.2, 0) is 0 Å². The van der Waals surface area contributed by atoms with E-state index in [9.17, 15) is 0 Å². The third kappa shape index (κ3) is 4.07. The molecule has 15 heavy (non-hydrogen) atoms. The van der Waals surface area contributed by atoms with Crippen LogP contribution in [0.2, 0.25) is 0 Å². The van der Waals surface area contributed by atoms with Gasteiger partial charge in [0.1, 0.15) is 0 Å². The van der Waals surface area contributed by atoms with E-state index in [2.05, 4.69) is 34.7 Å². The molecule has 0 unspecified atom stereocenters. The Morgan fingerprint density at radius 3 is 2.27 bits per heavy atom. The highest BCUT2D eigenvalue weighted by Gasteiger charge is 2.32. The second-order valence-corrected chi connectivity index (χ2v) is 5.62. The molecule has 0 aromatic carbocycles. The van der Waals surface area contributed by atoms with Crippen LogP contribution in [0.4, 0.5) is 0 Å². The predicted molar refractivity (Wildman–Crippen MR) is 71.7 cm³/mol. The van der Waals surface area contributed by atoms with Gasteiger partial charge in [-0.2, -0.15) is 0 Å². The van der Waals surface area contributed by atoms with E-state index >= 15 is 0 Å². The molecular weight excluding hydrogens is 250 g/mol. The van der Waals surface area contributed by atoms with E-state index in [1.807, 2.05) is 0 Å². The van der Waals surface area contributed by atoms with Crippen molar-refractivity contribution in [3.8, 4) is 0 Å². The number of halogens is 1. The summed E-state index contributed by atoms with van der Waals surface area (Å²) in [5.41, 5.74) is 0.587. The fourth-order valence-electron chi connectivity index (χ4n) is 2.78. The molecule has 0 bridgehead atoms. The van der Waals surface area contributed by atoms with E-state index in [0.29, 0.717) is 5.41 Å². The molecule has 0 heterocycles. The Bertz CT molecular complexity index is 164. The standard InChI is InChI=1S/C13H26BrN/c1-3-10-15(4-2)12-13(11-14)8-6-5-7-9-13/h3-12H2,1-2H3. The normalized spacial score (nSPS) is 20.8. The van der Waals surface area contributed by atoms with E-state index in [1.54, 1.807) is 0 Å². The molecule has 1 fully saturated rings. The Morgan fingerprint density at radius 1 is 1.13 bits per heavy atom. The smallest absolute Gasteiger partial charge is 0.0100 e. The van der Waals surface area contributed by atoms with Crippen molar-refractivity contribution in [2.24, 2.45) is 5.41 Å². The fraction of sp³-hybridized carbons (Fsp3) is 1.00. The average molecular weight is 276 g/mol. The quantitative estimate of drug-likeness (QED) is 0.661. The largest absolute Gasteiger partial charge is 0.303 e. The third-order valence-electron chi connectivity index (χ3n) is 3.74. The first kappa shape index (κ1) is 13.5. The molecular formula is C13H26BrN. The minimum atomic E-state index is 0.587. The Balaban J connectivity index is 2.49. The second kappa shape index (κ2) is 6.90. The molecule has 0 N–H and O–H groups in total. The van der Waals surface area contributed by atoms with Crippen LogP contribution in [-0.4, -0.2) is 29.9 Å². The summed E-state index contributed by atoms with van der Waals surface area (Å²) in [4.78, 5) is 2.63. The van der Waals surface area contributed by atoms with Crippen LogP contribution in [0.1, 0.15) is 52.4 Å². The Kier molecular flexibility index (Phi) is 6.21. The second-order valence-electron chi connectivity index (χ2n) is 5.06. The zero-order chi connectivity index (χ0) is 11.1. The van der Waals surface area contributed by atoms with Gasteiger partial charge in [-0.25, -0.2) is 0 Å². The van der Waals surface area contributed by atoms with Gasteiger partial charge in [-0.05, 0) is 37.8 Å². The van der Waals surface area contributed by atoms with Crippen molar-refractivity contribution in [1.82, 2.24) is 4.90 Å².